The molecule has 0 aliphatic rings. The highest BCUT2D eigenvalue weighted by Gasteiger charge is 2.14. The molecule has 0 amide bonds. The van der Waals surface area contributed by atoms with Crippen molar-refractivity contribution in [3.05, 3.63) is 29.8 Å². The Morgan fingerprint density at radius 1 is 1.50 bits per heavy atom. The van der Waals surface area contributed by atoms with Crippen molar-refractivity contribution in [2.24, 2.45) is 5.73 Å². The second-order valence-corrected chi connectivity index (χ2v) is 5.75. The molecule has 0 saturated heterocycles. The molecule has 0 aliphatic heterocycles. The van der Waals surface area contributed by atoms with Crippen molar-refractivity contribution in [1.82, 2.24) is 0 Å². The Balaban J connectivity index is 3.04. The van der Waals surface area contributed by atoms with Crippen LogP contribution in [0.15, 0.2) is 29.2 Å². The van der Waals surface area contributed by atoms with Crippen LogP contribution in [0.3, 0.4) is 0 Å². The standard InChI is InChI=1S/C10H13NO3S2/c1-14-5-6-16(12,13)9-4-2-3-8(7-9)10(11)15/h2-4,7H,5-6H2,1H3,(H2,11,15). The molecule has 16 heavy (non-hydrogen) atoms. The van der Waals surface area contributed by atoms with Gasteiger partial charge in [0.25, 0.3) is 0 Å². The van der Waals surface area contributed by atoms with E-state index in [4.69, 9.17) is 22.7 Å². The number of methoxy groups -OCH3 is 1. The van der Waals surface area contributed by atoms with Crippen LogP contribution in [0.1, 0.15) is 5.56 Å². The molecule has 0 aromatic heterocycles. The third-order valence-electron chi connectivity index (χ3n) is 2.03. The number of ether oxygens (including phenoxy) is 1. The molecule has 0 fully saturated rings. The van der Waals surface area contributed by atoms with Crippen LogP contribution in [0.25, 0.3) is 0 Å². The first-order valence-electron chi connectivity index (χ1n) is 4.59. The van der Waals surface area contributed by atoms with E-state index in [2.05, 4.69) is 0 Å². The Bertz CT molecular complexity index is 483. The molecular weight excluding hydrogens is 246 g/mol. The highest BCUT2D eigenvalue weighted by molar-refractivity contribution is 7.91. The van der Waals surface area contributed by atoms with E-state index in [1.54, 1.807) is 12.1 Å². The van der Waals surface area contributed by atoms with Crippen molar-refractivity contribution in [3.63, 3.8) is 0 Å². The van der Waals surface area contributed by atoms with Crippen LogP contribution in [0.2, 0.25) is 0 Å². The van der Waals surface area contributed by atoms with E-state index in [9.17, 15) is 8.42 Å². The van der Waals surface area contributed by atoms with Crippen molar-refractivity contribution in [2.45, 2.75) is 4.90 Å². The number of hydrogen-bond donors (Lipinski definition) is 1. The number of nitrogens with two attached hydrogens (primary N) is 1. The predicted molar refractivity (Wildman–Crippen MR) is 66.3 cm³/mol. The van der Waals surface area contributed by atoms with E-state index in [0.717, 1.165) is 0 Å². The second kappa shape index (κ2) is 5.38. The van der Waals surface area contributed by atoms with Gasteiger partial charge in [-0.1, -0.05) is 24.4 Å². The predicted octanol–water partition coefficient (Wildman–Crippen LogP) is 0.741. The van der Waals surface area contributed by atoms with Gasteiger partial charge in [0.15, 0.2) is 9.84 Å². The Morgan fingerprint density at radius 3 is 2.75 bits per heavy atom. The fourth-order valence-corrected chi connectivity index (χ4v) is 2.49. The molecule has 6 heteroatoms. The summed E-state index contributed by atoms with van der Waals surface area (Å²) in [6.07, 6.45) is 0. The maximum absolute atomic E-state index is 11.8. The minimum absolute atomic E-state index is 0.0513. The van der Waals surface area contributed by atoms with Gasteiger partial charge >= 0.3 is 0 Å². The van der Waals surface area contributed by atoms with Crippen molar-refractivity contribution in [3.8, 4) is 0 Å². The van der Waals surface area contributed by atoms with E-state index in [0.29, 0.717) is 5.56 Å². The number of sulfone groups is 1. The Kier molecular flexibility index (Phi) is 4.40. The van der Waals surface area contributed by atoms with Crippen molar-refractivity contribution >= 4 is 27.0 Å². The fraction of sp³-hybridized carbons (Fsp3) is 0.300. The summed E-state index contributed by atoms with van der Waals surface area (Å²) >= 11 is 4.79. The Hall–Kier alpha value is -0.980. The smallest absolute Gasteiger partial charge is 0.180 e. The number of rotatable bonds is 5. The second-order valence-electron chi connectivity index (χ2n) is 3.20. The maximum Gasteiger partial charge on any atom is 0.180 e. The zero-order valence-corrected chi connectivity index (χ0v) is 10.5. The molecule has 0 radical (unpaired) electrons. The first-order chi connectivity index (χ1) is 7.47. The van der Waals surface area contributed by atoms with Gasteiger partial charge in [0, 0.05) is 12.7 Å². The number of hydrogen-bond acceptors (Lipinski definition) is 4. The molecule has 2 N–H and O–H groups in total. The monoisotopic (exact) mass is 259 g/mol. The number of benzene rings is 1. The number of thiocarbonyl (C=S) groups is 1. The molecular formula is C10H13NO3S2. The summed E-state index contributed by atoms with van der Waals surface area (Å²) in [5.74, 6) is -0.0513. The van der Waals surface area contributed by atoms with Crippen LogP contribution < -0.4 is 5.73 Å². The molecule has 1 aromatic carbocycles. The molecule has 0 spiro atoms. The van der Waals surface area contributed by atoms with Gasteiger partial charge in [-0.3, -0.25) is 0 Å². The molecule has 0 atom stereocenters. The third kappa shape index (κ3) is 3.26. The lowest BCUT2D eigenvalue weighted by Crippen LogP contribution is -2.14. The highest BCUT2D eigenvalue weighted by atomic mass is 32.2. The summed E-state index contributed by atoms with van der Waals surface area (Å²) in [6, 6.07) is 6.30. The summed E-state index contributed by atoms with van der Waals surface area (Å²) < 4.78 is 28.4. The molecule has 0 bridgehead atoms. The molecule has 4 nitrogen and oxygen atoms in total. The summed E-state index contributed by atoms with van der Waals surface area (Å²) in [7, 11) is -1.86. The van der Waals surface area contributed by atoms with Gasteiger partial charge in [0.05, 0.1) is 17.3 Å². The molecule has 1 aromatic rings. The zero-order valence-electron chi connectivity index (χ0n) is 8.84. The van der Waals surface area contributed by atoms with E-state index in [-0.39, 0.29) is 22.2 Å². The van der Waals surface area contributed by atoms with Gasteiger partial charge in [-0.05, 0) is 12.1 Å². The van der Waals surface area contributed by atoms with E-state index < -0.39 is 9.84 Å². The molecule has 0 saturated carbocycles. The topological polar surface area (TPSA) is 69.4 Å². The van der Waals surface area contributed by atoms with Gasteiger partial charge < -0.3 is 10.5 Å². The first kappa shape index (κ1) is 13.1. The average molecular weight is 259 g/mol. The van der Waals surface area contributed by atoms with Crippen LogP contribution in [0.4, 0.5) is 0 Å². The summed E-state index contributed by atoms with van der Waals surface area (Å²) in [5.41, 5.74) is 5.99. The summed E-state index contributed by atoms with van der Waals surface area (Å²) in [4.78, 5) is 0.402. The van der Waals surface area contributed by atoms with Crippen LogP contribution in [-0.2, 0) is 14.6 Å². The molecule has 0 aliphatic carbocycles. The normalized spacial score (nSPS) is 11.3. The third-order valence-corrected chi connectivity index (χ3v) is 3.95. The average Bonchev–Trinajstić information content (AvgIpc) is 2.26. The van der Waals surface area contributed by atoms with E-state index >= 15 is 0 Å². The van der Waals surface area contributed by atoms with Crippen molar-refractivity contribution in [2.75, 3.05) is 19.5 Å². The Morgan fingerprint density at radius 2 is 2.19 bits per heavy atom. The summed E-state index contributed by atoms with van der Waals surface area (Å²) in [5, 5.41) is 0. The lowest BCUT2D eigenvalue weighted by molar-refractivity contribution is 0.217. The molecule has 0 unspecified atom stereocenters. The van der Waals surface area contributed by atoms with Crippen LogP contribution in [0, 0.1) is 0 Å². The molecule has 88 valence electrons. The van der Waals surface area contributed by atoms with Crippen LogP contribution >= 0.6 is 12.2 Å². The highest BCUT2D eigenvalue weighted by Crippen LogP contribution is 2.13. The van der Waals surface area contributed by atoms with Gasteiger partial charge in [-0.15, -0.1) is 0 Å². The molecule has 0 heterocycles. The van der Waals surface area contributed by atoms with E-state index in [1.165, 1.54) is 19.2 Å². The SMILES string of the molecule is COCCS(=O)(=O)c1cccc(C(N)=S)c1. The van der Waals surface area contributed by atoms with E-state index in [1.807, 2.05) is 0 Å². The van der Waals surface area contributed by atoms with Crippen LogP contribution in [0.5, 0.6) is 0 Å². The minimum atomic E-state index is -3.32. The van der Waals surface area contributed by atoms with Crippen LogP contribution in [-0.4, -0.2) is 32.9 Å². The summed E-state index contributed by atoms with van der Waals surface area (Å²) in [6.45, 7) is 0.166. The quantitative estimate of drug-likeness (QED) is 0.790. The minimum Gasteiger partial charge on any atom is -0.389 e. The van der Waals surface area contributed by atoms with Gasteiger partial charge in [0.2, 0.25) is 0 Å². The first-order valence-corrected chi connectivity index (χ1v) is 6.65. The van der Waals surface area contributed by atoms with Crippen molar-refractivity contribution in [1.29, 1.82) is 0 Å². The van der Waals surface area contributed by atoms with Gasteiger partial charge in [0.1, 0.15) is 4.99 Å². The zero-order chi connectivity index (χ0) is 12.2. The van der Waals surface area contributed by atoms with Gasteiger partial charge in [-0.25, -0.2) is 8.42 Å². The Labute approximate surface area is 100 Å². The van der Waals surface area contributed by atoms with Gasteiger partial charge in [-0.2, -0.15) is 0 Å². The lowest BCUT2D eigenvalue weighted by Gasteiger charge is -2.05. The largest absolute Gasteiger partial charge is 0.389 e. The fourth-order valence-electron chi connectivity index (χ4n) is 1.15. The molecule has 1 rings (SSSR count). The van der Waals surface area contributed by atoms with Crippen molar-refractivity contribution < 1.29 is 13.2 Å². The lowest BCUT2D eigenvalue weighted by atomic mass is 10.2. The maximum atomic E-state index is 11.8.